The molecule has 3 nitrogen and oxygen atoms in total. The molecule has 0 radical (unpaired) electrons. The number of ether oxygens (including phenoxy) is 1. The summed E-state index contributed by atoms with van der Waals surface area (Å²) in [6.07, 6.45) is 1.90. The molecule has 1 aliphatic rings. The van der Waals surface area contributed by atoms with Gasteiger partial charge in [0, 0.05) is 6.54 Å². The lowest BCUT2D eigenvalue weighted by Gasteiger charge is -2.14. The van der Waals surface area contributed by atoms with Gasteiger partial charge in [-0.05, 0) is 12.5 Å². The van der Waals surface area contributed by atoms with Crippen molar-refractivity contribution in [1.82, 2.24) is 5.32 Å². The molecule has 1 N–H and O–H groups in total. The first kappa shape index (κ1) is 10.9. The van der Waals surface area contributed by atoms with Gasteiger partial charge in [0.2, 0.25) is 0 Å². The van der Waals surface area contributed by atoms with Gasteiger partial charge in [-0.15, -0.1) is 0 Å². The Hall–Kier alpha value is -1.61. The lowest BCUT2D eigenvalue weighted by molar-refractivity contribution is -0.138. The van der Waals surface area contributed by atoms with Gasteiger partial charge in [-0.1, -0.05) is 36.4 Å². The van der Waals surface area contributed by atoms with E-state index in [-0.39, 0.29) is 12.0 Å². The van der Waals surface area contributed by atoms with E-state index < -0.39 is 0 Å². The highest BCUT2D eigenvalue weighted by Gasteiger charge is 2.26. The molecule has 0 saturated carbocycles. The van der Waals surface area contributed by atoms with Gasteiger partial charge in [-0.25, -0.2) is 4.79 Å². The zero-order valence-electron chi connectivity index (χ0n) is 9.27. The summed E-state index contributed by atoms with van der Waals surface area (Å²) in [5.41, 5.74) is 1.81. The second-order valence-corrected chi connectivity index (χ2v) is 3.63. The van der Waals surface area contributed by atoms with Crippen molar-refractivity contribution in [3.8, 4) is 0 Å². The standard InChI is InChI=1S/C13H15NO2/c1-2-16-13(15)11-8-9-14-12(11)10-6-4-3-5-7-10/h3-8,12,14H,2,9H2,1H3/t12-/m1/s1. The normalized spacial score (nSPS) is 19.3. The van der Waals surface area contributed by atoms with Crippen LogP contribution in [0.2, 0.25) is 0 Å². The van der Waals surface area contributed by atoms with Crippen LogP contribution < -0.4 is 5.32 Å². The minimum atomic E-state index is -0.221. The van der Waals surface area contributed by atoms with E-state index in [9.17, 15) is 4.79 Å². The molecule has 0 fully saturated rings. The Balaban J connectivity index is 2.18. The van der Waals surface area contributed by atoms with E-state index in [1.807, 2.05) is 43.3 Å². The smallest absolute Gasteiger partial charge is 0.335 e. The summed E-state index contributed by atoms with van der Waals surface area (Å²) in [6.45, 7) is 2.95. The maximum absolute atomic E-state index is 11.7. The highest BCUT2D eigenvalue weighted by molar-refractivity contribution is 5.90. The van der Waals surface area contributed by atoms with Gasteiger partial charge in [-0.2, -0.15) is 0 Å². The Kier molecular flexibility index (Phi) is 3.37. The lowest BCUT2D eigenvalue weighted by Crippen LogP contribution is -2.20. The quantitative estimate of drug-likeness (QED) is 0.785. The van der Waals surface area contributed by atoms with E-state index in [2.05, 4.69) is 5.32 Å². The van der Waals surface area contributed by atoms with Gasteiger partial charge >= 0.3 is 5.97 Å². The van der Waals surface area contributed by atoms with E-state index in [0.29, 0.717) is 18.7 Å². The van der Waals surface area contributed by atoms with E-state index >= 15 is 0 Å². The minimum absolute atomic E-state index is 0.0275. The number of hydrogen-bond donors (Lipinski definition) is 1. The van der Waals surface area contributed by atoms with Crippen molar-refractivity contribution < 1.29 is 9.53 Å². The van der Waals surface area contributed by atoms with Gasteiger partial charge in [0.05, 0.1) is 18.2 Å². The third kappa shape index (κ3) is 2.14. The van der Waals surface area contributed by atoms with Crippen molar-refractivity contribution >= 4 is 5.97 Å². The predicted octanol–water partition coefficient (Wildman–Crippen LogP) is 1.82. The van der Waals surface area contributed by atoms with Crippen LogP contribution in [-0.2, 0) is 9.53 Å². The Bertz CT molecular complexity index is 398. The zero-order valence-corrected chi connectivity index (χ0v) is 9.27. The van der Waals surface area contributed by atoms with Gasteiger partial charge in [-0.3, -0.25) is 0 Å². The number of carbonyl (C=O) groups is 1. The molecule has 0 aromatic heterocycles. The maximum atomic E-state index is 11.7. The molecule has 16 heavy (non-hydrogen) atoms. The van der Waals surface area contributed by atoms with E-state index in [1.165, 1.54) is 0 Å². The summed E-state index contributed by atoms with van der Waals surface area (Å²) >= 11 is 0. The number of esters is 1. The largest absolute Gasteiger partial charge is 0.463 e. The highest BCUT2D eigenvalue weighted by Crippen LogP contribution is 2.25. The molecule has 84 valence electrons. The van der Waals surface area contributed by atoms with Crippen LogP contribution in [0.4, 0.5) is 0 Å². The molecule has 0 amide bonds. The third-order valence-electron chi connectivity index (χ3n) is 2.60. The number of rotatable bonds is 3. The van der Waals surface area contributed by atoms with Crippen LogP contribution in [0.15, 0.2) is 42.0 Å². The molecule has 3 heteroatoms. The van der Waals surface area contributed by atoms with Crippen LogP contribution in [0, 0.1) is 0 Å². The summed E-state index contributed by atoms with van der Waals surface area (Å²) in [6, 6.07) is 9.90. The molecule has 1 aromatic rings. The van der Waals surface area contributed by atoms with E-state index in [0.717, 1.165) is 5.56 Å². The minimum Gasteiger partial charge on any atom is -0.463 e. The molecule has 1 heterocycles. The van der Waals surface area contributed by atoms with Gasteiger partial charge in [0.25, 0.3) is 0 Å². The third-order valence-corrected chi connectivity index (χ3v) is 2.60. The summed E-state index contributed by atoms with van der Waals surface area (Å²) in [4.78, 5) is 11.7. The van der Waals surface area contributed by atoms with Crippen molar-refractivity contribution in [2.24, 2.45) is 0 Å². The summed E-state index contributed by atoms with van der Waals surface area (Å²) in [7, 11) is 0. The monoisotopic (exact) mass is 217 g/mol. The fraction of sp³-hybridized carbons (Fsp3) is 0.308. The SMILES string of the molecule is CCOC(=O)C1=CCN[C@@H]1c1ccccc1. The molecular formula is C13H15NO2. The first-order chi connectivity index (χ1) is 7.83. The first-order valence-corrected chi connectivity index (χ1v) is 5.48. The van der Waals surface area contributed by atoms with Crippen LogP contribution in [0.5, 0.6) is 0 Å². The second kappa shape index (κ2) is 4.94. The van der Waals surface area contributed by atoms with Crippen LogP contribution in [0.1, 0.15) is 18.5 Å². The molecule has 1 aromatic carbocycles. The molecule has 0 unspecified atom stereocenters. The number of carbonyl (C=O) groups excluding carboxylic acids is 1. The molecular weight excluding hydrogens is 202 g/mol. The molecule has 1 aliphatic heterocycles. The Morgan fingerprint density at radius 3 is 2.88 bits per heavy atom. The molecule has 1 atom stereocenters. The Morgan fingerprint density at radius 2 is 2.19 bits per heavy atom. The van der Waals surface area contributed by atoms with Crippen molar-refractivity contribution in [2.75, 3.05) is 13.2 Å². The first-order valence-electron chi connectivity index (χ1n) is 5.48. The topological polar surface area (TPSA) is 38.3 Å². The van der Waals surface area contributed by atoms with Crippen molar-refractivity contribution in [1.29, 1.82) is 0 Å². The highest BCUT2D eigenvalue weighted by atomic mass is 16.5. The molecule has 0 bridgehead atoms. The molecule has 2 rings (SSSR count). The van der Waals surface area contributed by atoms with Crippen molar-refractivity contribution in [3.05, 3.63) is 47.5 Å². The van der Waals surface area contributed by atoms with Crippen molar-refractivity contribution in [3.63, 3.8) is 0 Å². The average Bonchev–Trinajstić information content (AvgIpc) is 2.79. The van der Waals surface area contributed by atoms with Crippen molar-refractivity contribution in [2.45, 2.75) is 13.0 Å². The van der Waals surface area contributed by atoms with Crippen LogP contribution in [0.3, 0.4) is 0 Å². The summed E-state index contributed by atoms with van der Waals surface area (Å²) < 4.78 is 5.03. The van der Waals surface area contributed by atoms with Crippen LogP contribution >= 0.6 is 0 Å². The Labute approximate surface area is 95.1 Å². The Morgan fingerprint density at radius 1 is 1.44 bits per heavy atom. The average molecular weight is 217 g/mol. The van der Waals surface area contributed by atoms with E-state index in [4.69, 9.17) is 4.74 Å². The zero-order chi connectivity index (χ0) is 11.4. The predicted molar refractivity (Wildman–Crippen MR) is 61.9 cm³/mol. The van der Waals surface area contributed by atoms with Gasteiger partial charge in [0.1, 0.15) is 0 Å². The summed E-state index contributed by atoms with van der Waals surface area (Å²) in [5.74, 6) is -0.221. The van der Waals surface area contributed by atoms with Crippen LogP contribution in [0.25, 0.3) is 0 Å². The van der Waals surface area contributed by atoms with Gasteiger partial charge in [0.15, 0.2) is 0 Å². The molecule has 0 saturated heterocycles. The number of benzene rings is 1. The lowest BCUT2D eigenvalue weighted by atomic mass is 10.0. The van der Waals surface area contributed by atoms with Crippen LogP contribution in [-0.4, -0.2) is 19.1 Å². The summed E-state index contributed by atoms with van der Waals surface area (Å²) in [5, 5.41) is 3.27. The number of nitrogens with one attached hydrogen (secondary N) is 1. The fourth-order valence-electron chi connectivity index (χ4n) is 1.87. The van der Waals surface area contributed by atoms with Gasteiger partial charge < -0.3 is 10.1 Å². The second-order valence-electron chi connectivity index (χ2n) is 3.63. The number of hydrogen-bond acceptors (Lipinski definition) is 3. The molecule has 0 spiro atoms. The maximum Gasteiger partial charge on any atom is 0.335 e. The fourth-order valence-corrected chi connectivity index (χ4v) is 1.87. The van der Waals surface area contributed by atoms with E-state index in [1.54, 1.807) is 0 Å². The molecule has 0 aliphatic carbocycles.